The maximum atomic E-state index is 12.9. The fourth-order valence-corrected chi connectivity index (χ4v) is 3.71. The highest BCUT2D eigenvalue weighted by molar-refractivity contribution is 9.10. The highest BCUT2D eigenvalue weighted by Gasteiger charge is 2.33. The zero-order valence-corrected chi connectivity index (χ0v) is 16.3. The Hall–Kier alpha value is -2.75. The molecule has 1 aliphatic rings. The minimum absolute atomic E-state index is 0.0973. The molecule has 2 aromatic carbocycles. The summed E-state index contributed by atoms with van der Waals surface area (Å²) >= 11 is 3.40. The molecule has 0 bridgehead atoms. The zero-order valence-electron chi connectivity index (χ0n) is 14.7. The number of fused-ring (bicyclic) bond motifs is 1. The van der Waals surface area contributed by atoms with E-state index in [0.29, 0.717) is 17.9 Å². The van der Waals surface area contributed by atoms with E-state index in [2.05, 4.69) is 36.8 Å². The highest BCUT2D eigenvalue weighted by atomic mass is 79.9. The second kappa shape index (κ2) is 7.70. The molecule has 1 aliphatic heterocycles. The van der Waals surface area contributed by atoms with Gasteiger partial charge in [-0.3, -0.25) is 0 Å². The van der Waals surface area contributed by atoms with Crippen LogP contribution in [0.25, 0.3) is 0 Å². The molecule has 0 saturated heterocycles. The second-order valence-electron chi connectivity index (χ2n) is 6.23. The van der Waals surface area contributed by atoms with E-state index in [1.54, 1.807) is 23.9 Å². The fourth-order valence-electron chi connectivity index (χ4n) is 3.33. The molecule has 10 heteroatoms. The van der Waals surface area contributed by atoms with Gasteiger partial charge >= 0.3 is 6.61 Å². The first kappa shape index (κ1) is 18.6. The summed E-state index contributed by atoms with van der Waals surface area (Å²) in [5.41, 5.74) is 1.58. The van der Waals surface area contributed by atoms with Gasteiger partial charge in [0.25, 0.3) is 0 Å². The van der Waals surface area contributed by atoms with Gasteiger partial charge in [-0.05, 0) is 52.7 Å². The third-order valence-electron chi connectivity index (χ3n) is 4.62. The predicted molar refractivity (Wildman–Crippen MR) is 101 cm³/mol. The smallest absolute Gasteiger partial charge is 0.387 e. The van der Waals surface area contributed by atoms with Gasteiger partial charge in [0.05, 0.1) is 19.2 Å². The van der Waals surface area contributed by atoms with Gasteiger partial charge in [-0.15, -0.1) is 0 Å². The van der Waals surface area contributed by atoms with Crippen LogP contribution in [0.15, 0.2) is 46.9 Å². The number of hydrogen-bond acceptors (Lipinski definition) is 6. The minimum Gasteiger partial charge on any atom is -0.497 e. The van der Waals surface area contributed by atoms with E-state index in [0.717, 1.165) is 15.8 Å². The minimum atomic E-state index is -2.92. The summed E-state index contributed by atoms with van der Waals surface area (Å²) in [4.78, 5) is 0. The Balaban J connectivity index is 1.73. The standard InChI is InChI=1S/C18H16BrF2N5O2/c1-27-12-5-2-10(3-6-12)14-9-15(26-18(22-14)23-24-25-26)13-8-11(19)4-7-16(13)28-17(20)21/h2-8,14-15,17H,9H2,1H3,(H,22,23,25)/t14-,15+/m1/s1. The number of aromatic nitrogens is 4. The van der Waals surface area contributed by atoms with Crippen LogP contribution in [0.4, 0.5) is 14.7 Å². The van der Waals surface area contributed by atoms with E-state index in [1.165, 1.54) is 6.07 Å². The van der Waals surface area contributed by atoms with Crippen molar-refractivity contribution in [1.29, 1.82) is 0 Å². The number of rotatable bonds is 5. The molecular weight excluding hydrogens is 436 g/mol. The van der Waals surface area contributed by atoms with Gasteiger partial charge in [-0.25, -0.2) is 4.68 Å². The van der Waals surface area contributed by atoms with Crippen LogP contribution in [0.5, 0.6) is 11.5 Å². The quantitative estimate of drug-likeness (QED) is 0.626. The first-order chi connectivity index (χ1) is 13.5. The Bertz CT molecular complexity index is 967. The molecule has 0 saturated carbocycles. The average Bonchev–Trinajstić information content (AvgIpc) is 3.17. The number of methoxy groups -OCH3 is 1. The molecular formula is C18H16BrF2N5O2. The molecule has 2 heterocycles. The van der Waals surface area contributed by atoms with Crippen molar-refractivity contribution in [3.05, 3.63) is 58.1 Å². The summed E-state index contributed by atoms with van der Waals surface area (Å²) in [5, 5.41) is 15.1. The van der Waals surface area contributed by atoms with E-state index >= 15 is 0 Å². The highest BCUT2D eigenvalue weighted by Crippen LogP contribution is 2.41. The van der Waals surface area contributed by atoms with Gasteiger partial charge < -0.3 is 14.8 Å². The normalized spacial score (nSPS) is 18.5. The molecule has 0 spiro atoms. The molecule has 2 atom stereocenters. The van der Waals surface area contributed by atoms with Gasteiger partial charge in [0.2, 0.25) is 5.95 Å². The number of halogens is 3. The van der Waals surface area contributed by atoms with Crippen LogP contribution in [0, 0.1) is 0 Å². The lowest BCUT2D eigenvalue weighted by Crippen LogP contribution is -2.28. The van der Waals surface area contributed by atoms with Crippen molar-refractivity contribution in [1.82, 2.24) is 20.2 Å². The van der Waals surface area contributed by atoms with E-state index in [9.17, 15) is 8.78 Å². The van der Waals surface area contributed by atoms with Gasteiger partial charge in [-0.2, -0.15) is 8.78 Å². The molecule has 28 heavy (non-hydrogen) atoms. The van der Waals surface area contributed by atoms with Crippen molar-refractivity contribution in [3.8, 4) is 11.5 Å². The molecule has 1 N–H and O–H groups in total. The summed E-state index contributed by atoms with van der Waals surface area (Å²) in [6.07, 6.45) is 0.542. The van der Waals surface area contributed by atoms with Crippen LogP contribution in [0.3, 0.4) is 0 Å². The Labute approximate surface area is 167 Å². The molecule has 0 aliphatic carbocycles. The topological polar surface area (TPSA) is 74.1 Å². The summed E-state index contributed by atoms with van der Waals surface area (Å²) in [6.45, 7) is -2.92. The largest absolute Gasteiger partial charge is 0.497 e. The lowest BCUT2D eigenvalue weighted by atomic mass is 9.93. The average molecular weight is 452 g/mol. The van der Waals surface area contributed by atoms with Crippen LogP contribution in [0.1, 0.15) is 29.6 Å². The molecule has 0 unspecified atom stereocenters. The molecule has 1 aromatic heterocycles. The van der Waals surface area contributed by atoms with Crippen molar-refractivity contribution in [3.63, 3.8) is 0 Å². The Morgan fingerprint density at radius 2 is 2.00 bits per heavy atom. The molecule has 7 nitrogen and oxygen atoms in total. The summed E-state index contributed by atoms with van der Waals surface area (Å²) in [5.74, 6) is 1.31. The number of benzene rings is 2. The van der Waals surface area contributed by atoms with Crippen molar-refractivity contribution < 1.29 is 18.3 Å². The van der Waals surface area contributed by atoms with Crippen molar-refractivity contribution in [2.24, 2.45) is 0 Å². The monoisotopic (exact) mass is 451 g/mol. The SMILES string of the molecule is COc1ccc([C@H]2C[C@@H](c3cc(Br)ccc3OC(F)F)n3nnnc3N2)cc1. The number of tetrazole rings is 1. The molecule has 0 amide bonds. The van der Waals surface area contributed by atoms with Crippen molar-refractivity contribution in [2.75, 3.05) is 12.4 Å². The lowest BCUT2D eigenvalue weighted by Gasteiger charge is -2.32. The second-order valence-corrected chi connectivity index (χ2v) is 7.14. The number of anilines is 1. The molecule has 0 fully saturated rings. The van der Waals surface area contributed by atoms with Crippen LogP contribution in [-0.2, 0) is 0 Å². The Kier molecular flexibility index (Phi) is 5.12. The van der Waals surface area contributed by atoms with E-state index in [1.807, 2.05) is 24.3 Å². The third-order valence-corrected chi connectivity index (χ3v) is 5.11. The lowest BCUT2D eigenvalue weighted by molar-refractivity contribution is -0.0508. The summed E-state index contributed by atoms with van der Waals surface area (Å²) < 4.78 is 38.1. The first-order valence-electron chi connectivity index (χ1n) is 8.47. The number of ether oxygens (including phenoxy) is 2. The maximum absolute atomic E-state index is 12.9. The Morgan fingerprint density at radius 1 is 1.21 bits per heavy atom. The fraction of sp³-hybridized carbons (Fsp3) is 0.278. The van der Waals surface area contributed by atoms with Crippen molar-refractivity contribution in [2.45, 2.75) is 25.1 Å². The van der Waals surface area contributed by atoms with Crippen LogP contribution >= 0.6 is 15.9 Å². The van der Waals surface area contributed by atoms with E-state index in [4.69, 9.17) is 9.47 Å². The third kappa shape index (κ3) is 3.64. The zero-order chi connectivity index (χ0) is 19.7. The van der Waals surface area contributed by atoms with Gasteiger partial charge in [0, 0.05) is 10.0 Å². The van der Waals surface area contributed by atoms with E-state index in [-0.39, 0.29) is 17.8 Å². The number of alkyl halides is 2. The molecule has 4 rings (SSSR count). The number of hydrogen-bond donors (Lipinski definition) is 1. The van der Waals surface area contributed by atoms with E-state index < -0.39 is 6.61 Å². The van der Waals surface area contributed by atoms with Crippen LogP contribution in [0.2, 0.25) is 0 Å². The van der Waals surface area contributed by atoms with Crippen molar-refractivity contribution >= 4 is 21.9 Å². The number of nitrogens with one attached hydrogen (secondary N) is 1. The van der Waals surface area contributed by atoms with Gasteiger partial charge in [0.1, 0.15) is 11.5 Å². The first-order valence-corrected chi connectivity index (χ1v) is 9.27. The van der Waals surface area contributed by atoms with Gasteiger partial charge in [0.15, 0.2) is 0 Å². The van der Waals surface area contributed by atoms with Gasteiger partial charge in [-0.1, -0.05) is 33.2 Å². The maximum Gasteiger partial charge on any atom is 0.387 e. The summed E-state index contributed by atoms with van der Waals surface area (Å²) in [6, 6.07) is 12.1. The molecule has 146 valence electrons. The van der Waals surface area contributed by atoms with Crippen LogP contribution in [-0.4, -0.2) is 33.9 Å². The predicted octanol–water partition coefficient (Wildman–Crippen LogP) is 4.19. The summed E-state index contributed by atoms with van der Waals surface area (Å²) in [7, 11) is 1.61. The molecule has 0 radical (unpaired) electrons. The Morgan fingerprint density at radius 3 is 2.71 bits per heavy atom. The number of nitrogens with zero attached hydrogens (tertiary/aromatic N) is 4. The molecule has 3 aromatic rings. The van der Waals surface area contributed by atoms with Crippen LogP contribution < -0.4 is 14.8 Å².